The molecule has 0 radical (unpaired) electrons. The first kappa shape index (κ1) is 17.0. The fourth-order valence-corrected chi connectivity index (χ4v) is 4.04. The highest BCUT2D eigenvalue weighted by Gasteiger charge is 2.45. The molecule has 1 aromatic carbocycles. The predicted octanol–water partition coefficient (Wildman–Crippen LogP) is 1.92. The molecule has 0 saturated carbocycles. The molecule has 136 valence electrons. The Labute approximate surface area is 152 Å². The predicted molar refractivity (Wildman–Crippen MR) is 98.1 cm³/mol. The lowest BCUT2D eigenvalue weighted by molar-refractivity contribution is -0.158. The van der Waals surface area contributed by atoms with Crippen LogP contribution in [0, 0.1) is 13.8 Å². The number of hydrogen-bond acceptors (Lipinski definition) is 4. The number of amides is 2. The van der Waals surface area contributed by atoms with Crippen LogP contribution < -0.4 is 0 Å². The molecule has 0 bridgehead atoms. The fraction of sp³-hybridized carbons (Fsp3) is 0.450. The minimum atomic E-state index is -0.430. The summed E-state index contributed by atoms with van der Waals surface area (Å²) in [5.74, 6) is -0.0142. The van der Waals surface area contributed by atoms with Crippen LogP contribution in [0.1, 0.15) is 28.0 Å². The number of benzene rings is 1. The van der Waals surface area contributed by atoms with Gasteiger partial charge in [0.05, 0.1) is 18.6 Å². The number of hydrogen-bond donors (Lipinski definition) is 0. The molecule has 1 unspecified atom stereocenters. The second-order valence-electron chi connectivity index (χ2n) is 7.51. The van der Waals surface area contributed by atoms with Gasteiger partial charge < -0.3 is 14.5 Å². The highest BCUT2D eigenvalue weighted by molar-refractivity contribution is 5.98. The van der Waals surface area contributed by atoms with Gasteiger partial charge in [-0.3, -0.25) is 14.6 Å². The number of carbonyl (C=O) groups excluding carboxylic acids is 2. The molecule has 0 N–H and O–H groups in total. The summed E-state index contributed by atoms with van der Waals surface area (Å²) in [6.07, 6.45) is 0.750. The molecule has 6 heteroatoms. The number of likely N-dealkylation sites (N-methyl/N-ethyl adjacent to an activating group) is 1. The van der Waals surface area contributed by atoms with Gasteiger partial charge in [-0.1, -0.05) is 6.07 Å². The smallest absolute Gasteiger partial charge is 0.254 e. The first-order valence-electron chi connectivity index (χ1n) is 8.92. The zero-order valence-corrected chi connectivity index (χ0v) is 15.4. The summed E-state index contributed by atoms with van der Waals surface area (Å²) in [6, 6.07) is 7.77. The van der Waals surface area contributed by atoms with Gasteiger partial charge in [0.15, 0.2) is 0 Å². The van der Waals surface area contributed by atoms with Gasteiger partial charge in [0.1, 0.15) is 12.2 Å². The van der Waals surface area contributed by atoms with Crippen molar-refractivity contribution in [1.82, 2.24) is 14.8 Å². The first-order valence-corrected chi connectivity index (χ1v) is 8.92. The second kappa shape index (κ2) is 6.06. The Hall–Kier alpha value is -2.47. The van der Waals surface area contributed by atoms with Crippen molar-refractivity contribution < 1.29 is 14.3 Å². The number of aryl methyl sites for hydroxylation is 2. The number of aromatic nitrogens is 1. The van der Waals surface area contributed by atoms with E-state index in [2.05, 4.69) is 11.9 Å². The Morgan fingerprint density at radius 2 is 2.04 bits per heavy atom. The second-order valence-corrected chi connectivity index (χ2v) is 7.51. The number of pyridine rings is 1. The molecule has 6 nitrogen and oxygen atoms in total. The SMILES string of the molecule is Cc1cc(C)c2ccc(C(=O)N3CCC4(CN(C)C(=O)CO4)C3)cc2n1. The average molecular weight is 353 g/mol. The van der Waals surface area contributed by atoms with Crippen LogP contribution in [0.25, 0.3) is 10.9 Å². The Bertz CT molecular complexity index is 911. The Kier molecular flexibility index (Phi) is 3.95. The number of likely N-dealkylation sites (tertiary alicyclic amines) is 1. The Morgan fingerprint density at radius 3 is 2.81 bits per heavy atom. The van der Waals surface area contributed by atoms with E-state index in [0.717, 1.165) is 28.6 Å². The molecule has 2 aliphatic rings. The maximum absolute atomic E-state index is 13.0. The highest BCUT2D eigenvalue weighted by Crippen LogP contribution is 2.30. The monoisotopic (exact) mass is 353 g/mol. The normalized spacial score (nSPS) is 23.3. The summed E-state index contributed by atoms with van der Waals surface area (Å²) < 4.78 is 5.83. The summed E-state index contributed by atoms with van der Waals surface area (Å²) in [5, 5.41) is 1.07. The number of carbonyl (C=O) groups is 2. The van der Waals surface area contributed by atoms with E-state index in [4.69, 9.17) is 4.74 Å². The summed E-state index contributed by atoms with van der Waals surface area (Å²) in [6.45, 7) is 5.80. The maximum Gasteiger partial charge on any atom is 0.254 e. The summed E-state index contributed by atoms with van der Waals surface area (Å²) in [4.78, 5) is 32.8. The summed E-state index contributed by atoms with van der Waals surface area (Å²) in [5.41, 5.74) is 3.17. The standard InChI is InChI=1S/C20H23N3O3/c1-13-8-14(2)21-17-9-15(4-5-16(13)17)19(25)23-7-6-20(12-23)11-22(3)18(24)10-26-20/h4-5,8-9H,6-7,10-12H2,1-3H3. The van der Waals surface area contributed by atoms with Crippen molar-refractivity contribution in [1.29, 1.82) is 0 Å². The average Bonchev–Trinajstić information content (AvgIpc) is 3.01. The van der Waals surface area contributed by atoms with Gasteiger partial charge in [-0.25, -0.2) is 0 Å². The molecule has 0 aliphatic carbocycles. The number of rotatable bonds is 1. The number of morpholine rings is 1. The third-order valence-corrected chi connectivity index (χ3v) is 5.45. The largest absolute Gasteiger partial charge is 0.361 e. The van der Waals surface area contributed by atoms with Crippen LogP contribution in [0.3, 0.4) is 0 Å². The molecule has 2 aliphatic heterocycles. The number of fused-ring (bicyclic) bond motifs is 1. The third kappa shape index (κ3) is 2.84. The van der Waals surface area contributed by atoms with Crippen molar-refractivity contribution in [2.45, 2.75) is 25.9 Å². The molecular weight excluding hydrogens is 330 g/mol. The van der Waals surface area contributed by atoms with Crippen LogP contribution in [0.5, 0.6) is 0 Å². The van der Waals surface area contributed by atoms with Gasteiger partial charge in [-0.05, 0) is 44.0 Å². The van der Waals surface area contributed by atoms with Crippen LogP contribution in [0.15, 0.2) is 24.3 Å². The van der Waals surface area contributed by atoms with E-state index in [1.54, 1.807) is 11.9 Å². The van der Waals surface area contributed by atoms with E-state index in [1.807, 2.05) is 36.1 Å². The molecular formula is C20H23N3O3. The fourth-order valence-electron chi connectivity index (χ4n) is 4.04. The molecule has 4 rings (SSSR count). The summed E-state index contributed by atoms with van der Waals surface area (Å²) in [7, 11) is 1.79. The lowest BCUT2D eigenvalue weighted by Crippen LogP contribution is -2.54. The van der Waals surface area contributed by atoms with E-state index in [9.17, 15) is 9.59 Å². The Morgan fingerprint density at radius 1 is 1.23 bits per heavy atom. The minimum Gasteiger partial charge on any atom is -0.361 e. The van der Waals surface area contributed by atoms with Gasteiger partial charge in [0.2, 0.25) is 5.91 Å². The van der Waals surface area contributed by atoms with Gasteiger partial charge in [-0.15, -0.1) is 0 Å². The van der Waals surface area contributed by atoms with Crippen LogP contribution in [0.4, 0.5) is 0 Å². The molecule has 1 atom stereocenters. The number of nitrogens with zero attached hydrogens (tertiary/aromatic N) is 3. The molecule has 1 spiro atoms. The van der Waals surface area contributed by atoms with Crippen LogP contribution in [-0.2, 0) is 9.53 Å². The van der Waals surface area contributed by atoms with Crippen molar-refractivity contribution >= 4 is 22.7 Å². The van der Waals surface area contributed by atoms with Crippen molar-refractivity contribution in [2.75, 3.05) is 33.3 Å². The first-order chi connectivity index (χ1) is 12.4. The highest BCUT2D eigenvalue weighted by atomic mass is 16.5. The summed E-state index contributed by atoms with van der Waals surface area (Å²) >= 11 is 0. The van der Waals surface area contributed by atoms with Crippen molar-refractivity contribution in [3.05, 3.63) is 41.1 Å². The van der Waals surface area contributed by atoms with Crippen molar-refractivity contribution in [3.63, 3.8) is 0 Å². The lowest BCUT2D eigenvalue weighted by Gasteiger charge is -2.38. The number of ether oxygens (including phenoxy) is 1. The van der Waals surface area contributed by atoms with Gasteiger partial charge >= 0.3 is 0 Å². The lowest BCUT2D eigenvalue weighted by atomic mass is 10.0. The topological polar surface area (TPSA) is 62.7 Å². The van der Waals surface area contributed by atoms with Gasteiger partial charge in [0, 0.05) is 30.2 Å². The van der Waals surface area contributed by atoms with Crippen LogP contribution >= 0.6 is 0 Å². The van der Waals surface area contributed by atoms with E-state index in [-0.39, 0.29) is 18.4 Å². The van der Waals surface area contributed by atoms with Crippen molar-refractivity contribution in [3.8, 4) is 0 Å². The van der Waals surface area contributed by atoms with Crippen LogP contribution in [0.2, 0.25) is 0 Å². The van der Waals surface area contributed by atoms with E-state index in [1.165, 1.54) is 0 Å². The van der Waals surface area contributed by atoms with E-state index in [0.29, 0.717) is 25.2 Å². The Balaban J connectivity index is 1.57. The molecule has 3 heterocycles. The van der Waals surface area contributed by atoms with Crippen LogP contribution in [-0.4, -0.2) is 65.5 Å². The zero-order valence-electron chi connectivity index (χ0n) is 15.4. The van der Waals surface area contributed by atoms with Crippen molar-refractivity contribution in [2.24, 2.45) is 0 Å². The maximum atomic E-state index is 13.0. The molecule has 2 amide bonds. The van der Waals surface area contributed by atoms with Gasteiger partial charge in [-0.2, -0.15) is 0 Å². The molecule has 2 aromatic rings. The van der Waals surface area contributed by atoms with Gasteiger partial charge in [0.25, 0.3) is 5.91 Å². The molecule has 2 saturated heterocycles. The molecule has 2 fully saturated rings. The third-order valence-electron chi connectivity index (χ3n) is 5.45. The molecule has 1 aromatic heterocycles. The minimum absolute atomic E-state index is 0.00659. The zero-order chi connectivity index (χ0) is 18.5. The quantitative estimate of drug-likeness (QED) is 0.786. The van der Waals surface area contributed by atoms with E-state index >= 15 is 0 Å². The van der Waals surface area contributed by atoms with E-state index < -0.39 is 5.60 Å². The molecule has 26 heavy (non-hydrogen) atoms.